The standard InChI is InChI=1S/C11H17NO2S/c1-11(2,9-5-4-6-15-9)8-12-10(13)7-14-3/h4-6H,7-8H2,1-3H3,(H,12,13). The molecule has 0 aliphatic heterocycles. The molecule has 1 aromatic heterocycles. The Morgan fingerprint density at radius 2 is 2.33 bits per heavy atom. The number of carbonyl (C=O) groups is 1. The van der Waals surface area contributed by atoms with Gasteiger partial charge in [0.25, 0.3) is 0 Å². The van der Waals surface area contributed by atoms with Crippen molar-refractivity contribution >= 4 is 17.2 Å². The molecular formula is C11H17NO2S. The molecule has 0 saturated carbocycles. The fraction of sp³-hybridized carbons (Fsp3) is 0.545. The molecule has 0 bridgehead atoms. The molecule has 0 unspecified atom stereocenters. The SMILES string of the molecule is COCC(=O)NCC(C)(C)c1cccs1. The molecule has 84 valence electrons. The maximum Gasteiger partial charge on any atom is 0.246 e. The molecule has 15 heavy (non-hydrogen) atoms. The van der Waals surface area contributed by atoms with Gasteiger partial charge in [-0.15, -0.1) is 11.3 Å². The predicted octanol–water partition coefficient (Wildman–Crippen LogP) is 1.79. The largest absolute Gasteiger partial charge is 0.375 e. The maximum absolute atomic E-state index is 11.2. The first-order valence-electron chi connectivity index (χ1n) is 4.86. The van der Waals surface area contributed by atoms with Gasteiger partial charge in [-0.1, -0.05) is 19.9 Å². The molecule has 0 aliphatic rings. The Morgan fingerprint density at radius 1 is 1.60 bits per heavy atom. The number of hydrogen-bond acceptors (Lipinski definition) is 3. The van der Waals surface area contributed by atoms with Gasteiger partial charge in [0.15, 0.2) is 0 Å². The quantitative estimate of drug-likeness (QED) is 0.833. The summed E-state index contributed by atoms with van der Waals surface area (Å²) in [5.74, 6) is -0.0675. The van der Waals surface area contributed by atoms with E-state index in [9.17, 15) is 4.79 Å². The second-order valence-electron chi connectivity index (χ2n) is 4.07. The molecule has 0 aromatic carbocycles. The van der Waals surface area contributed by atoms with Crippen LogP contribution in [0.4, 0.5) is 0 Å². The Kier molecular flexibility index (Phi) is 4.29. The van der Waals surface area contributed by atoms with E-state index in [1.54, 1.807) is 11.3 Å². The molecule has 3 nitrogen and oxygen atoms in total. The summed E-state index contributed by atoms with van der Waals surface area (Å²) in [7, 11) is 1.52. The molecule has 1 aromatic rings. The van der Waals surface area contributed by atoms with E-state index in [0.29, 0.717) is 6.54 Å². The van der Waals surface area contributed by atoms with Crippen molar-refractivity contribution in [1.82, 2.24) is 5.32 Å². The van der Waals surface area contributed by atoms with Gasteiger partial charge >= 0.3 is 0 Å². The van der Waals surface area contributed by atoms with Gasteiger partial charge in [-0.3, -0.25) is 4.79 Å². The van der Waals surface area contributed by atoms with Gasteiger partial charge in [-0.2, -0.15) is 0 Å². The van der Waals surface area contributed by atoms with Crippen LogP contribution in [0.2, 0.25) is 0 Å². The van der Waals surface area contributed by atoms with Crippen LogP contribution in [0, 0.1) is 0 Å². The van der Waals surface area contributed by atoms with Crippen LogP contribution in [0.15, 0.2) is 17.5 Å². The number of carbonyl (C=O) groups excluding carboxylic acids is 1. The van der Waals surface area contributed by atoms with Gasteiger partial charge in [0.2, 0.25) is 5.91 Å². The number of nitrogens with one attached hydrogen (secondary N) is 1. The zero-order valence-electron chi connectivity index (χ0n) is 9.37. The fourth-order valence-corrected chi connectivity index (χ4v) is 2.10. The van der Waals surface area contributed by atoms with Crippen LogP contribution >= 0.6 is 11.3 Å². The topological polar surface area (TPSA) is 38.3 Å². The molecule has 1 rings (SSSR count). The van der Waals surface area contributed by atoms with Gasteiger partial charge in [0.1, 0.15) is 6.61 Å². The monoisotopic (exact) mass is 227 g/mol. The van der Waals surface area contributed by atoms with Gasteiger partial charge < -0.3 is 10.1 Å². The lowest BCUT2D eigenvalue weighted by molar-refractivity contribution is -0.124. The molecule has 4 heteroatoms. The summed E-state index contributed by atoms with van der Waals surface area (Å²) in [5, 5.41) is 4.90. The zero-order chi connectivity index (χ0) is 11.3. The van der Waals surface area contributed by atoms with E-state index in [1.165, 1.54) is 12.0 Å². The Labute approximate surface area is 94.5 Å². The first-order valence-corrected chi connectivity index (χ1v) is 5.74. The summed E-state index contributed by atoms with van der Waals surface area (Å²) >= 11 is 1.71. The molecule has 1 N–H and O–H groups in total. The van der Waals surface area contributed by atoms with Crippen LogP contribution in [0.25, 0.3) is 0 Å². The van der Waals surface area contributed by atoms with Crippen LogP contribution in [0.5, 0.6) is 0 Å². The minimum absolute atomic E-state index is 0.0163. The highest BCUT2D eigenvalue weighted by Gasteiger charge is 2.22. The highest BCUT2D eigenvalue weighted by Crippen LogP contribution is 2.26. The van der Waals surface area contributed by atoms with Crippen molar-refractivity contribution in [1.29, 1.82) is 0 Å². The number of amides is 1. The number of ether oxygens (including phenoxy) is 1. The molecule has 0 spiro atoms. The van der Waals surface area contributed by atoms with E-state index in [2.05, 4.69) is 25.2 Å². The van der Waals surface area contributed by atoms with Crippen LogP contribution < -0.4 is 5.32 Å². The molecular weight excluding hydrogens is 210 g/mol. The third-order valence-corrected chi connectivity index (χ3v) is 3.43. The van der Waals surface area contributed by atoms with Crippen molar-refractivity contribution in [3.63, 3.8) is 0 Å². The molecule has 1 amide bonds. The highest BCUT2D eigenvalue weighted by molar-refractivity contribution is 7.10. The van der Waals surface area contributed by atoms with E-state index < -0.39 is 0 Å². The molecule has 1 heterocycles. The average molecular weight is 227 g/mol. The van der Waals surface area contributed by atoms with Crippen LogP contribution in [0.1, 0.15) is 18.7 Å². The molecule has 0 aliphatic carbocycles. The van der Waals surface area contributed by atoms with Crippen molar-refractivity contribution < 1.29 is 9.53 Å². The first-order chi connectivity index (χ1) is 7.06. The van der Waals surface area contributed by atoms with E-state index >= 15 is 0 Å². The molecule has 0 radical (unpaired) electrons. The number of thiophene rings is 1. The van der Waals surface area contributed by atoms with E-state index in [0.717, 1.165) is 0 Å². The first kappa shape index (κ1) is 12.2. The van der Waals surface area contributed by atoms with Crippen LogP contribution in [-0.2, 0) is 14.9 Å². The second kappa shape index (κ2) is 5.28. The predicted molar refractivity (Wildman–Crippen MR) is 62.2 cm³/mol. The van der Waals surface area contributed by atoms with E-state index in [1.807, 2.05) is 11.4 Å². The number of rotatable bonds is 5. The normalized spacial score (nSPS) is 11.4. The van der Waals surface area contributed by atoms with Crippen molar-refractivity contribution in [3.8, 4) is 0 Å². The van der Waals surface area contributed by atoms with Crippen LogP contribution in [-0.4, -0.2) is 26.2 Å². The smallest absolute Gasteiger partial charge is 0.246 e. The van der Waals surface area contributed by atoms with Crippen molar-refractivity contribution in [2.75, 3.05) is 20.3 Å². The van der Waals surface area contributed by atoms with Gasteiger partial charge in [0, 0.05) is 23.9 Å². The van der Waals surface area contributed by atoms with Crippen molar-refractivity contribution in [3.05, 3.63) is 22.4 Å². The average Bonchev–Trinajstić information content (AvgIpc) is 2.69. The summed E-state index contributed by atoms with van der Waals surface area (Å²) in [5.41, 5.74) is -0.0163. The zero-order valence-corrected chi connectivity index (χ0v) is 10.2. The summed E-state index contributed by atoms with van der Waals surface area (Å²) in [6.45, 7) is 4.99. The lowest BCUT2D eigenvalue weighted by Crippen LogP contribution is -2.37. The summed E-state index contributed by atoms with van der Waals surface area (Å²) in [6, 6.07) is 4.12. The highest BCUT2D eigenvalue weighted by atomic mass is 32.1. The molecule has 0 fully saturated rings. The van der Waals surface area contributed by atoms with Crippen molar-refractivity contribution in [2.45, 2.75) is 19.3 Å². The lowest BCUT2D eigenvalue weighted by atomic mass is 9.91. The Morgan fingerprint density at radius 3 is 2.87 bits per heavy atom. The minimum atomic E-state index is -0.0675. The van der Waals surface area contributed by atoms with Crippen molar-refractivity contribution in [2.24, 2.45) is 0 Å². The number of methoxy groups -OCH3 is 1. The third-order valence-electron chi connectivity index (χ3n) is 2.19. The molecule has 0 saturated heterocycles. The van der Waals surface area contributed by atoms with Crippen LogP contribution in [0.3, 0.4) is 0 Å². The number of hydrogen-bond donors (Lipinski definition) is 1. The van der Waals surface area contributed by atoms with E-state index in [-0.39, 0.29) is 17.9 Å². The minimum Gasteiger partial charge on any atom is -0.375 e. The Balaban J connectivity index is 2.47. The maximum atomic E-state index is 11.2. The third kappa shape index (κ3) is 3.64. The van der Waals surface area contributed by atoms with Gasteiger partial charge in [0.05, 0.1) is 0 Å². The van der Waals surface area contributed by atoms with E-state index in [4.69, 9.17) is 4.74 Å². The fourth-order valence-electron chi connectivity index (χ4n) is 1.25. The summed E-state index contributed by atoms with van der Waals surface area (Å²) in [4.78, 5) is 12.5. The van der Waals surface area contributed by atoms with Gasteiger partial charge in [-0.25, -0.2) is 0 Å². The second-order valence-corrected chi connectivity index (χ2v) is 5.02. The summed E-state index contributed by atoms with van der Waals surface area (Å²) < 4.78 is 4.75. The lowest BCUT2D eigenvalue weighted by Gasteiger charge is -2.23. The molecule has 0 atom stereocenters. The summed E-state index contributed by atoms with van der Waals surface area (Å²) in [6.07, 6.45) is 0. The Bertz CT molecular complexity index is 306. The van der Waals surface area contributed by atoms with Gasteiger partial charge in [-0.05, 0) is 11.4 Å². The Hall–Kier alpha value is -0.870.